The van der Waals surface area contributed by atoms with E-state index in [0.29, 0.717) is 40.8 Å². The zero-order chi connectivity index (χ0) is 25.4. The van der Waals surface area contributed by atoms with Crippen LogP contribution in [0.25, 0.3) is 22.7 Å². The standard InChI is InChI=1S/C25H25F3N8O/c26-22-19(5-2-6-21(22)35-11-9-34(10-12-35)18-3-1-4-18)20-15-36(33-30-20)14-17-8-7-16(13-29-17)24-31-32-25(37-24)23(27)28/h2,5-8,13,15,18,23H,1,3-4,9-12,14H2. The van der Waals surface area contributed by atoms with Crippen LogP contribution in [0.4, 0.5) is 18.9 Å². The lowest BCUT2D eigenvalue weighted by atomic mass is 9.91. The molecule has 0 N–H and O–H groups in total. The Labute approximate surface area is 210 Å². The van der Waals surface area contributed by atoms with Gasteiger partial charge >= 0.3 is 6.43 Å². The van der Waals surface area contributed by atoms with Crippen molar-refractivity contribution in [1.82, 2.24) is 35.1 Å². The van der Waals surface area contributed by atoms with Crippen molar-refractivity contribution in [3.8, 4) is 22.7 Å². The summed E-state index contributed by atoms with van der Waals surface area (Å²) in [6.07, 6.45) is 4.18. The predicted molar refractivity (Wildman–Crippen MR) is 128 cm³/mol. The van der Waals surface area contributed by atoms with E-state index in [1.165, 1.54) is 25.5 Å². The van der Waals surface area contributed by atoms with Gasteiger partial charge in [-0.2, -0.15) is 8.78 Å². The molecule has 192 valence electrons. The number of piperazine rings is 1. The van der Waals surface area contributed by atoms with Crippen LogP contribution in [0.15, 0.2) is 47.1 Å². The predicted octanol–water partition coefficient (Wildman–Crippen LogP) is 4.19. The van der Waals surface area contributed by atoms with E-state index in [2.05, 4.69) is 35.3 Å². The summed E-state index contributed by atoms with van der Waals surface area (Å²) >= 11 is 0. The molecular formula is C25H25F3N8O. The largest absolute Gasteiger partial charge is 0.415 e. The molecule has 1 aliphatic heterocycles. The van der Waals surface area contributed by atoms with E-state index >= 15 is 4.39 Å². The molecule has 1 aromatic carbocycles. The maximum atomic E-state index is 15.6. The molecule has 2 aliphatic rings. The fraction of sp³-hybridized carbons (Fsp3) is 0.400. The number of anilines is 1. The van der Waals surface area contributed by atoms with E-state index < -0.39 is 12.3 Å². The highest BCUT2D eigenvalue weighted by Crippen LogP contribution is 2.31. The number of rotatable bonds is 7. The van der Waals surface area contributed by atoms with Crippen LogP contribution < -0.4 is 4.90 Å². The molecule has 2 fully saturated rings. The molecule has 4 aromatic rings. The zero-order valence-electron chi connectivity index (χ0n) is 20.0. The molecule has 0 radical (unpaired) electrons. The van der Waals surface area contributed by atoms with Gasteiger partial charge in [0.05, 0.1) is 29.7 Å². The zero-order valence-corrected chi connectivity index (χ0v) is 20.0. The van der Waals surface area contributed by atoms with Crippen LogP contribution in [-0.2, 0) is 6.54 Å². The molecule has 1 aliphatic carbocycles. The third-order valence-electron chi connectivity index (χ3n) is 7.06. The second kappa shape index (κ2) is 9.92. The summed E-state index contributed by atoms with van der Waals surface area (Å²) in [7, 11) is 0. The Morgan fingerprint density at radius 3 is 2.51 bits per heavy atom. The van der Waals surface area contributed by atoms with Gasteiger partial charge in [0, 0.05) is 44.0 Å². The molecule has 1 saturated carbocycles. The minimum Gasteiger partial charge on any atom is -0.415 e. The fourth-order valence-corrected chi connectivity index (χ4v) is 4.79. The fourth-order valence-electron chi connectivity index (χ4n) is 4.79. The molecule has 0 spiro atoms. The van der Waals surface area contributed by atoms with Gasteiger partial charge in [-0.25, -0.2) is 9.07 Å². The van der Waals surface area contributed by atoms with E-state index in [9.17, 15) is 8.78 Å². The monoisotopic (exact) mass is 510 g/mol. The lowest BCUT2D eigenvalue weighted by Crippen LogP contribution is -2.52. The third-order valence-corrected chi connectivity index (χ3v) is 7.06. The summed E-state index contributed by atoms with van der Waals surface area (Å²) in [6.45, 7) is 3.81. The molecule has 12 heteroatoms. The SMILES string of the molecule is Fc1c(-c2cn(Cc3ccc(-c4nnc(C(F)F)o4)cn3)nn2)cccc1N1CCN(C2CCC2)CC1. The van der Waals surface area contributed by atoms with Crippen LogP contribution in [0.2, 0.25) is 0 Å². The Balaban J connectivity index is 1.13. The Morgan fingerprint density at radius 2 is 1.84 bits per heavy atom. The van der Waals surface area contributed by atoms with E-state index in [0.717, 1.165) is 26.2 Å². The maximum absolute atomic E-state index is 15.6. The number of halogens is 3. The summed E-state index contributed by atoms with van der Waals surface area (Å²) < 4.78 is 47.4. The van der Waals surface area contributed by atoms with Gasteiger partial charge in [0.1, 0.15) is 5.69 Å². The average molecular weight is 511 g/mol. The molecule has 1 saturated heterocycles. The molecule has 9 nitrogen and oxygen atoms in total. The lowest BCUT2D eigenvalue weighted by Gasteiger charge is -2.43. The second-order valence-electron chi connectivity index (χ2n) is 9.33. The molecule has 0 amide bonds. The van der Waals surface area contributed by atoms with Gasteiger partial charge in [-0.1, -0.05) is 17.7 Å². The van der Waals surface area contributed by atoms with Crippen LogP contribution in [0, 0.1) is 5.82 Å². The van der Waals surface area contributed by atoms with Crippen LogP contribution >= 0.6 is 0 Å². The Morgan fingerprint density at radius 1 is 1.00 bits per heavy atom. The number of benzene rings is 1. The molecule has 3 aromatic heterocycles. The van der Waals surface area contributed by atoms with Gasteiger partial charge in [-0.15, -0.1) is 15.3 Å². The summed E-state index contributed by atoms with van der Waals surface area (Å²) in [4.78, 5) is 8.95. The minimum absolute atomic E-state index is 0.0304. The molecule has 4 heterocycles. The van der Waals surface area contributed by atoms with E-state index in [1.54, 1.807) is 29.1 Å². The van der Waals surface area contributed by atoms with Crippen molar-refractivity contribution in [2.45, 2.75) is 38.3 Å². The van der Waals surface area contributed by atoms with Gasteiger partial charge in [0.2, 0.25) is 5.89 Å². The average Bonchev–Trinajstić information content (AvgIpc) is 3.55. The quantitative estimate of drug-likeness (QED) is 0.366. The van der Waals surface area contributed by atoms with Crippen molar-refractivity contribution in [2.75, 3.05) is 31.1 Å². The Hall–Kier alpha value is -3.80. The number of pyridine rings is 1. The summed E-state index contributed by atoms with van der Waals surface area (Å²) in [5.74, 6) is -1.06. The molecular weight excluding hydrogens is 485 g/mol. The molecule has 0 atom stereocenters. The number of nitrogens with zero attached hydrogens (tertiary/aromatic N) is 8. The molecule has 0 unspecified atom stereocenters. The second-order valence-corrected chi connectivity index (χ2v) is 9.33. The van der Waals surface area contributed by atoms with Gasteiger partial charge < -0.3 is 9.32 Å². The number of hydrogen-bond donors (Lipinski definition) is 0. The van der Waals surface area contributed by atoms with Crippen LogP contribution in [-0.4, -0.2) is 67.3 Å². The van der Waals surface area contributed by atoms with Gasteiger partial charge in [0.15, 0.2) is 5.82 Å². The number of hydrogen-bond acceptors (Lipinski definition) is 8. The Kier molecular flexibility index (Phi) is 6.33. The first-order valence-electron chi connectivity index (χ1n) is 12.3. The van der Waals surface area contributed by atoms with Crippen LogP contribution in [0.3, 0.4) is 0 Å². The van der Waals surface area contributed by atoms with Gasteiger partial charge in [0.25, 0.3) is 5.89 Å². The maximum Gasteiger partial charge on any atom is 0.314 e. The van der Waals surface area contributed by atoms with Crippen molar-refractivity contribution < 1.29 is 17.6 Å². The van der Waals surface area contributed by atoms with Crippen molar-refractivity contribution in [1.29, 1.82) is 0 Å². The first-order chi connectivity index (χ1) is 18.0. The van der Waals surface area contributed by atoms with Gasteiger partial charge in [-0.3, -0.25) is 9.88 Å². The number of alkyl halides is 2. The summed E-state index contributed by atoms with van der Waals surface area (Å²) in [5, 5.41) is 15.3. The topological polar surface area (TPSA) is 89.0 Å². The van der Waals surface area contributed by atoms with Crippen molar-refractivity contribution in [2.24, 2.45) is 0 Å². The van der Waals surface area contributed by atoms with E-state index in [1.807, 2.05) is 12.1 Å². The first kappa shape index (κ1) is 23.6. The van der Waals surface area contributed by atoms with E-state index in [4.69, 9.17) is 4.42 Å². The molecule has 0 bridgehead atoms. The lowest BCUT2D eigenvalue weighted by molar-refractivity contribution is 0.116. The van der Waals surface area contributed by atoms with E-state index in [-0.39, 0.29) is 11.7 Å². The highest BCUT2D eigenvalue weighted by molar-refractivity contribution is 5.66. The normalized spacial score (nSPS) is 16.9. The van der Waals surface area contributed by atoms with Crippen LogP contribution in [0.5, 0.6) is 0 Å². The Bertz CT molecular complexity index is 1360. The van der Waals surface area contributed by atoms with Crippen LogP contribution in [0.1, 0.15) is 37.3 Å². The highest BCUT2D eigenvalue weighted by Gasteiger charge is 2.29. The van der Waals surface area contributed by atoms with Crippen molar-refractivity contribution >= 4 is 5.69 Å². The highest BCUT2D eigenvalue weighted by atomic mass is 19.3. The minimum atomic E-state index is -2.83. The first-order valence-corrected chi connectivity index (χ1v) is 12.3. The van der Waals surface area contributed by atoms with Crippen molar-refractivity contribution in [3.63, 3.8) is 0 Å². The van der Waals surface area contributed by atoms with Gasteiger partial charge in [-0.05, 0) is 37.1 Å². The third kappa shape index (κ3) is 4.80. The summed E-state index contributed by atoms with van der Waals surface area (Å²) in [5.41, 5.74) is 2.50. The summed E-state index contributed by atoms with van der Waals surface area (Å²) in [6, 6.07) is 9.44. The number of aromatic nitrogens is 6. The smallest absolute Gasteiger partial charge is 0.314 e. The van der Waals surface area contributed by atoms with Crippen molar-refractivity contribution in [3.05, 3.63) is 60.1 Å². The molecule has 37 heavy (non-hydrogen) atoms. The molecule has 6 rings (SSSR count).